The molecule has 0 aromatic carbocycles. The Morgan fingerprint density at radius 3 is 2.30 bits per heavy atom. The first-order valence-electron chi connectivity index (χ1n) is 7.61. The minimum atomic E-state index is -0.329. The third-order valence-corrected chi connectivity index (χ3v) is 2.96. The highest BCUT2D eigenvalue weighted by Gasteiger charge is 2.09. The summed E-state index contributed by atoms with van der Waals surface area (Å²) in [6.07, 6.45) is 2.51. The van der Waals surface area contributed by atoms with Gasteiger partial charge in [0, 0.05) is 25.1 Å². The zero-order valence-electron chi connectivity index (χ0n) is 13.1. The molecule has 0 bridgehead atoms. The lowest BCUT2D eigenvalue weighted by atomic mass is 10.2. The monoisotopic (exact) mass is 280 g/mol. The van der Waals surface area contributed by atoms with Crippen LogP contribution in [0.2, 0.25) is 0 Å². The van der Waals surface area contributed by atoms with E-state index in [1.165, 1.54) is 0 Å². The fourth-order valence-corrected chi connectivity index (χ4v) is 1.82. The summed E-state index contributed by atoms with van der Waals surface area (Å²) < 4.78 is 0. The number of rotatable bonds is 9. The van der Waals surface area contributed by atoms with E-state index in [0.717, 1.165) is 43.3 Å². The molecule has 0 radical (unpaired) electrons. The van der Waals surface area contributed by atoms with Gasteiger partial charge in [-0.2, -0.15) is 0 Å². The number of aliphatic hydroxyl groups excluding tert-OH is 1. The molecule has 1 aromatic heterocycles. The van der Waals surface area contributed by atoms with E-state index in [1.54, 1.807) is 0 Å². The second-order valence-corrected chi connectivity index (χ2v) is 5.40. The molecule has 0 saturated heterocycles. The number of hydrogen-bond donors (Lipinski definition) is 3. The van der Waals surface area contributed by atoms with Crippen molar-refractivity contribution >= 4 is 11.6 Å². The summed E-state index contributed by atoms with van der Waals surface area (Å²) in [4.78, 5) is 9.01. The van der Waals surface area contributed by atoms with Crippen LogP contribution in [0.5, 0.6) is 0 Å². The Kier molecular flexibility index (Phi) is 7.30. The molecule has 5 heteroatoms. The number of aliphatic hydroxyl groups is 1. The maximum Gasteiger partial charge on any atom is 0.135 e. The van der Waals surface area contributed by atoms with Gasteiger partial charge in [0.2, 0.25) is 0 Å². The number of nitrogens with one attached hydrogen (secondary N) is 2. The summed E-state index contributed by atoms with van der Waals surface area (Å²) in [7, 11) is 0. The second kappa shape index (κ2) is 8.74. The molecular formula is C15H28N4O. The molecule has 114 valence electrons. The standard InChI is InChI=1S/C15H28N4O/c1-5-7-12(20)10-17-14-9-13(16-8-6-2)18-15(19-14)11(3)4/h9,11-12,20H,5-8,10H2,1-4H3,(H2,16,17,18,19). The van der Waals surface area contributed by atoms with Gasteiger partial charge in [-0.25, -0.2) is 9.97 Å². The first-order valence-corrected chi connectivity index (χ1v) is 7.61. The highest BCUT2D eigenvalue weighted by atomic mass is 16.3. The minimum absolute atomic E-state index is 0.277. The Bertz CT molecular complexity index is 395. The molecule has 0 aliphatic carbocycles. The number of nitrogens with zero attached hydrogens (tertiary/aromatic N) is 2. The zero-order chi connectivity index (χ0) is 15.0. The van der Waals surface area contributed by atoms with Gasteiger partial charge in [-0.1, -0.05) is 34.1 Å². The lowest BCUT2D eigenvalue weighted by molar-refractivity contribution is 0.176. The average molecular weight is 280 g/mol. The Hall–Kier alpha value is -1.36. The normalized spacial score (nSPS) is 12.5. The molecule has 0 spiro atoms. The van der Waals surface area contributed by atoms with Crippen molar-refractivity contribution in [1.29, 1.82) is 0 Å². The maximum absolute atomic E-state index is 9.78. The van der Waals surface area contributed by atoms with Crippen molar-refractivity contribution in [3.05, 3.63) is 11.9 Å². The summed E-state index contributed by atoms with van der Waals surface area (Å²) in [6.45, 7) is 9.76. The van der Waals surface area contributed by atoms with E-state index < -0.39 is 0 Å². The van der Waals surface area contributed by atoms with Crippen molar-refractivity contribution < 1.29 is 5.11 Å². The van der Waals surface area contributed by atoms with Crippen LogP contribution < -0.4 is 10.6 Å². The molecule has 3 N–H and O–H groups in total. The Morgan fingerprint density at radius 1 is 1.10 bits per heavy atom. The average Bonchev–Trinajstić information content (AvgIpc) is 2.43. The van der Waals surface area contributed by atoms with Gasteiger partial charge < -0.3 is 15.7 Å². The maximum atomic E-state index is 9.78. The number of hydrogen-bond acceptors (Lipinski definition) is 5. The first kappa shape index (κ1) is 16.7. The topological polar surface area (TPSA) is 70.1 Å². The number of aromatic nitrogens is 2. The minimum Gasteiger partial charge on any atom is -0.391 e. The smallest absolute Gasteiger partial charge is 0.135 e. The van der Waals surface area contributed by atoms with Crippen molar-refractivity contribution in [3.8, 4) is 0 Å². The van der Waals surface area contributed by atoms with E-state index in [1.807, 2.05) is 6.07 Å². The van der Waals surface area contributed by atoms with Crippen LogP contribution in [-0.4, -0.2) is 34.3 Å². The predicted octanol–water partition coefficient (Wildman–Crippen LogP) is 2.99. The molecule has 1 heterocycles. The van der Waals surface area contributed by atoms with E-state index in [9.17, 15) is 5.11 Å². The lowest BCUT2D eigenvalue weighted by Gasteiger charge is -2.14. The van der Waals surface area contributed by atoms with Crippen molar-refractivity contribution in [2.45, 2.75) is 59.0 Å². The van der Waals surface area contributed by atoms with Crippen molar-refractivity contribution in [1.82, 2.24) is 9.97 Å². The molecule has 1 unspecified atom stereocenters. The summed E-state index contributed by atoms with van der Waals surface area (Å²) >= 11 is 0. The summed E-state index contributed by atoms with van der Waals surface area (Å²) in [5, 5.41) is 16.3. The van der Waals surface area contributed by atoms with E-state index in [-0.39, 0.29) is 12.0 Å². The van der Waals surface area contributed by atoms with E-state index in [4.69, 9.17) is 0 Å². The van der Waals surface area contributed by atoms with E-state index in [2.05, 4.69) is 48.3 Å². The van der Waals surface area contributed by atoms with Gasteiger partial charge in [0.25, 0.3) is 0 Å². The second-order valence-electron chi connectivity index (χ2n) is 5.40. The molecule has 0 saturated carbocycles. The molecule has 0 fully saturated rings. The SMILES string of the molecule is CCCNc1cc(NCC(O)CCC)nc(C(C)C)n1. The summed E-state index contributed by atoms with van der Waals surface area (Å²) in [5.74, 6) is 2.72. The molecule has 5 nitrogen and oxygen atoms in total. The van der Waals surface area contributed by atoms with Gasteiger partial charge in [-0.15, -0.1) is 0 Å². The van der Waals surface area contributed by atoms with Crippen molar-refractivity contribution in [2.75, 3.05) is 23.7 Å². The van der Waals surface area contributed by atoms with Crippen LogP contribution in [0.1, 0.15) is 58.7 Å². The van der Waals surface area contributed by atoms with Crippen LogP contribution in [0, 0.1) is 0 Å². The van der Waals surface area contributed by atoms with Gasteiger partial charge in [0.15, 0.2) is 0 Å². The lowest BCUT2D eigenvalue weighted by Crippen LogP contribution is -2.20. The highest BCUT2D eigenvalue weighted by Crippen LogP contribution is 2.17. The van der Waals surface area contributed by atoms with Crippen molar-refractivity contribution in [2.24, 2.45) is 0 Å². The summed E-state index contributed by atoms with van der Waals surface area (Å²) in [5.41, 5.74) is 0. The molecule has 1 aromatic rings. The van der Waals surface area contributed by atoms with Crippen molar-refractivity contribution in [3.63, 3.8) is 0 Å². The highest BCUT2D eigenvalue weighted by molar-refractivity contribution is 5.47. The molecule has 0 amide bonds. The van der Waals surface area contributed by atoms with Crippen LogP contribution in [-0.2, 0) is 0 Å². The quantitative estimate of drug-likeness (QED) is 0.648. The van der Waals surface area contributed by atoms with Crippen LogP contribution in [0.15, 0.2) is 6.07 Å². The molecular weight excluding hydrogens is 252 g/mol. The Morgan fingerprint density at radius 2 is 1.75 bits per heavy atom. The van der Waals surface area contributed by atoms with E-state index in [0.29, 0.717) is 6.54 Å². The zero-order valence-corrected chi connectivity index (χ0v) is 13.1. The molecule has 0 aliphatic rings. The summed E-state index contributed by atoms with van der Waals surface area (Å²) in [6, 6.07) is 1.90. The van der Waals surface area contributed by atoms with Crippen LogP contribution >= 0.6 is 0 Å². The molecule has 1 atom stereocenters. The molecule has 1 rings (SSSR count). The number of anilines is 2. The van der Waals surface area contributed by atoms with Gasteiger partial charge in [-0.3, -0.25) is 0 Å². The van der Waals surface area contributed by atoms with Gasteiger partial charge in [0.05, 0.1) is 6.10 Å². The van der Waals surface area contributed by atoms with Crippen LogP contribution in [0.4, 0.5) is 11.6 Å². The fraction of sp³-hybridized carbons (Fsp3) is 0.733. The van der Waals surface area contributed by atoms with Gasteiger partial charge >= 0.3 is 0 Å². The Balaban J connectivity index is 2.74. The van der Waals surface area contributed by atoms with E-state index >= 15 is 0 Å². The third kappa shape index (κ3) is 5.74. The van der Waals surface area contributed by atoms with Crippen LogP contribution in [0.3, 0.4) is 0 Å². The fourth-order valence-electron chi connectivity index (χ4n) is 1.82. The van der Waals surface area contributed by atoms with Crippen LogP contribution in [0.25, 0.3) is 0 Å². The Labute approximate surface area is 122 Å². The third-order valence-electron chi connectivity index (χ3n) is 2.96. The predicted molar refractivity (Wildman–Crippen MR) is 84.3 cm³/mol. The van der Waals surface area contributed by atoms with Gasteiger partial charge in [0.1, 0.15) is 17.5 Å². The molecule has 0 aliphatic heterocycles. The largest absolute Gasteiger partial charge is 0.391 e. The molecule has 20 heavy (non-hydrogen) atoms. The first-order chi connectivity index (χ1) is 9.56. The van der Waals surface area contributed by atoms with Gasteiger partial charge in [-0.05, 0) is 12.8 Å².